The molecule has 136 valence electrons. The summed E-state index contributed by atoms with van der Waals surface area (Å²) in [7, 11) is -4.67. The average molecular weight is 395 g/mol. The zero-order chi connectivity index (χ0) is 19.2. The summed E-state index contributed by atoms with van der Waals surface area (Å²) in [6.07, 6.45) is 0. The molecule has 0 unspecified atom stereocenters. The number of rotatable bonds is 3. The number of non-ortho nitro benzene ring substituents is 1. The van der Waals surface area contributed by atoms with Crippen LogP contribution in [0.4, 0.5) is 28.4 Å². The van der Waals surface area contributed by atoms with Crippen molar-refractivity contribution in [3.63, 3.8) is 0 Å². The minimum absolute atomic E-state index is 0. The first-order valence-electron chi connectivity index (χ1n) is 6.21. The first-order chi connectivity index (χ1) is 11.5. The van der Waals surface area contributed by atoms with Gasteiger partial charge in [0, 0.05) is 17.8 Å². The minimum Gasteiger partial charge on any atom is -1.00 e. The molecule has 2 aromatic carbocycles. The summed E-state index contributed by atoms with van der Waals surface area (Å²) in [5, 5.41) is 27.8. The number of nitro groups is 1. The molecule has 0 bridgehead atoms. The monoisotopic (exact) mass is 395 g/mol. The molecule has 0 amide bonds. The van der Waals surface area contributed by atoms with Crippen LogP contribution in [0.15, 0.2) is 46.6 Å². The molecule has 0 heterocycles. The third kappa shape index (κ3) is 8.70. The Morgan fingerprint density at radius 1 is 1.04 bits per heavy atom. The molecule has 0 aliphatic carbocycles. The van der Waals surface area contributed by atoms with Crippen molar-refractivity contribution in [3.05, 3.63) is 46.5 Å². The number of nitro benzene ring substituents is 1. The van der Waals surface area contributed by atoms with Gasteiger partial charge in [0.15, 0.2) is 0 Å². The largest absolute Gasteiger partial charge is 1.00 e. The number of hydrogen-bond acceptors (Lipinski definition) is 9. The van der Waals surface area contributed by atoms with Crippen molar-refractivity contribution in [2.45, 2.75) is 0 Å². The molecule has 12 nitrogen and oxygen atoms in total. The number of nitrogens with two attached hydrogens (primary N) is 2. The quantitative estimate of drug-likeness (QED) is 0.111. The Bertz CT molecular complexity index is 918. The number of anilines is 2. The molecule has 14 heteroatoms. The van der Waals surface area contributed by atoms with Gasteiger partial charge in [0.05, 0.1) is 10.6 Å². The van der Waals surface area contributed by atoms with Crippen molar-refractivity contribution in [1.82, 2.24) is 0 Å². The summed E-state index contributed by atoms with van der Waals surface area (Å²) in [4.78, 5) is 10.1. The summed E-state index contributed by atoms with van der Waals surface area (Å²) >= 11 is 0. The Morgan fingerprint density at radius 3 is 2.08 bits per heavy atom. The zero-order valence-corrected chi connectivity index (χ0v) is 16.2. The summed E-state index contributed by atoms with van der Waals surface area (Å²) in [6.45, 7) is 0. The SMILES string of the molecule is Nc1ccc(N=Nc2cc([N+](=O)[O-])ccc2O)c(N)c1.O=S(=O)(O)O.[H-].[Na+]. The van der Waals surface area contributed by atoms with E-state index in [1.54, 1.807) is 12.1 Å². The number of aromatic hydroxyl groups is 1. The van der Waals surface area contributed by atoms with Crippen molar-refractivity contribution in [2.75, 3.05) is 11.5 Å². The zero-order valence-electron chi connectivity index (χ0n) is 14.3. The van der Waals surface area contributed by atoms with E-state index in [0.717, 1.165) is 6.07 Å². The average Bonchev–Trinajstić information content (AvgIpc) is 2.46. The van der Waals surface area contributed by atoms with E-state index in [0.29, 0.717) is 17.1 Å². The van der Waals surface area contributed by atoms with E-state index in [9.17, 15) is 15.2 Å². The van der Waals surface area contributed by atoms with Crippen LogP contribution in [0.3, 0.4) is 0 Å². The van der Waals surface area contributed by atoms with Gasteiger partial charge >= 0.3 is 40.0 Å². The molecule has 26 heavy (non-hydrogen) atoms. The van der Waals surface area contributed by atoms with E-state index in [1.807, 2.05) is 0 Å². The fraction of sp³-hybridized carbons (Fsp3) is 0. The van der Waals surface area contributed by atoms with Crippen molar-refractivity contribution in [3.8, 4) is 5.75 Å². The predicted molar refractivity (Wildman–Crippen MR) is 89.5 cm³/mol. The van der Waals surface area contributed by atoms with Crippen LogP contribution < -0.4 is 41.0 Å². The van der Waals surface area contributed by atoms with Gasteiger partial charge in [-0.05, 0) is 24.3 Å². The minimum atomic E-state index is -4.67. The second-order valence-electron chi connectivity index (χ2n) is 4.40. The van der Waals surface area contributed by atoms with Gasteiger partial charge in [0.2, 0.25) is 0 Å². The molecule has 0 saturated heterocycles. The van der Waals surface area contributed by atoms with Gasteiger partial charge in [-0.2, -0.15) is 8.42 Å². The molecule has 7 N–H and O–H groups in total. The van der Waals surface area contributed by atoms with Crippen molar-refractivity contribution in [2.24, 2.45) is 10.2 Å². The molecule has 2 aromatic rings. The molecule has 2 rings (SSSR count). The second-order valence-corrected chi connectivity index (χ2v) is 5.29. The van der Waals surface area contributed by atoms with Gasteiger partial charge in [0.25, 0.3) is 5.69 Å². The molecule has 0 aliphatic heterocycles. The first-order valence-corrected chi connectivity index (χ1v) is 7.61. The summed E-state index contributed by atoms with van der Waals surface area (Å²) < 4.78 is 31.6. The van der Waals surface area contributed by atoms with E-state index < -0.39 is 15.3 Å². The van der Waals surface area contributed by atoms with Gasteiger partial charge in [-0.15, -0.1) is 10.2 Å². The van der Waals surface area contributed by atoms with Crippen LogP contribution in [0.1, 0.15) is 1.43 Å². The van der Waals surface area contributed by atoms with Crippen molar-refractivity contribution < 1.29 is 58.5 Å². The van der Waals surface area contributed by atoms with Crippen LogP contribution in [0.2, 0.25) is 0 Å². The summed E-state index contributed by atoms with van der Waals surface area (Å²) in [5.74, 6) is -0.214. The van der Waals surface area contributed by atoms with Crippen LogP contribution in [0.25, 0.3) is 0 Å². The van der Waals surface area contributed by atoms with E-state index in [1.165, 1.54) is 18.2 Å². The second kappa shape index (κ2) is 10.0. The van der Waals surface area contributed by atoms with Crippen LogP contribution in [-0.4, -0.2) is 27.6 Å². The summed E-state index contributed by atoms with van der Waals surface area (Å²) in [6, 6.07) is 8.14. The number of hydrogen-bond donors (Lipinski definition) is 5. The standard InChI is InChI=1S/C12H11N5O3.Na.H2O4S.H/c13-7-1-3-10(9(14)5-7)15-16-11-6-8(17(19)20)2-4-12(11)18;;1-5(2,3)4;/h1-6,18H,13-14H2;;(H2,1,2,3,4);/q;+1;;-1. The van der Waals surface area contributed by atoms with Gasteiger partial charge in [-0.25, -0.2) is 0 Å². The van der Waals surface area contributed by atoms with Crippen LogP contribution in [-0.2, 0) is 10.4 Å². The molecule has 0 atom stereocenters. The number of nitrogen functional groups attached to an aromatic ring is 2. The normalized spacial score (nSPS) is 10.5. The topological polar surface area (TPSA) is 215 Å². The molecule has 0 aromatic heterocycles. The summed E-state index contributed by atoms with van der Waals surface area (Å²) in [5.41, 5.74) is 12.2. The molecule has 0 radical (unpaired) electrons. The van der Waals surface area contributed by atoms with Gasteiger partial charge in [-0.1, -0.05) is 0 Å². The molecule has 0 saturated carbocycles. The molecule has 0 aliphatic rings. The van der Waals surface area contributed by atoms with E-state index in [4.69, 9.17) is 29.0 Å². The molecule has 0 spiro atoms. The van der Waals surface area contributed by atoms with E-state index in [-0.39, 0.29) is 48.1 Å². The van der Waals surface area contributed by atoms with Gasteiger partial charge in [0.1, 0.15) is 17.1 Å². The Morgan fingerprint density at radius 2 is 1.58 bits per heavy atom. The first kappa shape index (κ1) is 23.7. The maximum absolute atomic E-state index is 10.6. The van der Waals surface area contributed by atoms with Crippen LogP contribution >= 0.6 is 0 Å². The number of azo groups is 1. The smallest absolute Gasteiger partial charge is 1.00 e. The van der Waals surface area contributed by atoms with Crippen LogP contribution in [0.5, 0.6) is 5.75 Å². The number of phenolic OH excluding ortho intramolecular Hbond substituents is 1. The third-order valence-corrected chi connectivity index (χ3v) is 2.49. The Hall–Kier alpha value is -2.29. The maximum Gasteiger partial charge on any atom is 1.00 e. The third-order valence-electron chi connectivity index (χ3n) is 2.49. The molecular weight excluding hydrogens is 381 g/mol. The Kier molecular flexibility index (Phi) is 9.12. The Balaban J connectivity index is 0. The fourth-order valence-corrected chi connectivity index (χ4v) is 1.48. The predicted octanol–water partition coefficient (Wildman–Crippen LogP) is -0.656. The number of nitrogens with zero attached hydrogens (tertiary/aromatic N) is 3. The van der Waals surface area contributed by atoms with Crippen molar-refractivity contribution >= 4 is 38.8 Å². The van der Waals surface area contributed by atoms with E-state index >= 15 is 0 Å². The Labute approximate surface area is 171 Å². The fourth-order valence-electron chi connectivity index (χ4n) is 1.48. The maximum atomic E-state index is 10.6. The molecular formula is C12H14N5NaO7S. The van der Waals surface area contributed by atoms with Crippen molar-refractivity contribution in [1.29, 1.82) is 0 Å². The van der Waals surface area contributed by atoms with E-state index in [2.05, 4.69) is 10.2 Å². The van der Waals surface area contributed by atoms with Gasteiger partial charge < -0.3 is 18.0 Å². The number of phenols is 1. The van der Waals surface area contributed by atoms with Crippen LogP contribution in [0, 0.1) is 10.1 Å². The molecule has 0 fully saturated rings. The van der Waals surface area contributed by atoms with Gasteiger partial charge in [-0.3, -0.25) is 19.2 Å². The number of benzene rings is 2.